The van der Waals surface area contributed by atoms with E-state index < -0.39 is 0 Å². The van der Waals surface area contributed by atoms with Gasteiger partial charge in [-0.3, -0.25) is 4.90 Å². The minimum absolute atomic E-state index is 0.293. The van der Waals surface area contributed by atoms with Gasteiger partial charge in [-0.1, -0.05) is 0 Å². The molecule has 1 N–H and O–H groups in total. The molecule has 0 radical (unpaired) electrons. The highest BCUT2D eigenvalue weighted by Crippen LogP contribution is 2.10. The fourth-order valence-corrected chi connectivity index (χ4v) is 1.58. The third kappa shape index (κ3) is 3.68. The number of piperazine rings is 1. The van der Waals surface area contributed by atoms with Crippen LogP contribution in [0.2, 0.25) is 0 Å². The first-order valence-corrected chi connectivity index (χ1v) is 4.66. The summed E-state index contributed by atoms with van der Waals surface area (Å²) >= 11 is 0. The predicted molar refractivity (Wildman–Crippen MR) is 51.5 cm³/mol. The molecule has 0 aromatic carbocycles. The van der Waals surface area contributed by atoms with Crippen LogP contribution in [0.1, 0.15) is 13.8 Å². The number of hydrogen-bond donors (Lipinski definition) is 1. The van der Waals surface area contributed by atoms with Crippen LogP contribution in [-0.2, 0) is 4.79 Å². The molecule has 1 heterocycles. The van der Waals surface area contributed by atoms with Crippen molar-refractivity contribution in [1.29, 1.82) is 0 Å². The Morgan fingerprint density at radius 2 is 2.08 bits per heavy atom. The highest BCUT2D eigenvalue weighted by Gasteiger charge is 2.21. The van der Waals surface area contributed by atoms with Crippen LogP contribution in [0.15, 0.2) is 4.99 Å². The molecule has 0 aliphatic carbocycles. The Labute approximate surface area is 79.0 Å². The van der Waals surface area contributed by atoms with Gasteiger partial charge in [0.05, 0.1) is 5.54 Å². The Hall–Kier alpha value is -0.700. The molecule has 0 amide bonds. The lowest BCUT2D eigenvalue weighted by Gasteiger charge is -2.32. The van der Waals surface area contributed by atoms with Gasteiger partial charge in [0.2, 0.25) is 6.08 Å². The lowest BCUT2D eigenvalue weighted by molar-refractivity contribution is 0.202. The SMILES string of the molecule is CC(C)(CN1CCNCC1)N=C=O. The standard InChI is InChI=1S/C9H17N3O/c1-9(2,11-8-13)7-12-5-3-10-4-6-12/h10H,3-7H2,1-2H3. The molecule has 1 rings (SSSR count). The van der Waals surface area contributed by atoms with E-state index in [4.69, 9.17) is 0 Å². The van der Waals surface area contributed by atoms with Crippen LogP contribution in [0.5, 0.6) is 0 Å². The summed E-state index contributed by atoms with van der Waals surface area (Å²) in [7, 11) is 0. The molecule has 0 atom stereocenters. The molecule has 1 aliphatic heterocycles. The summed E-state index contributed by atoms with van der Waals surface area (Å²) in [5.41, 5.74) is -0.293. The highest BCUT2D eigenvalue weighted by atomic mass is 16.1. The summed E-state index contributed by atoms with van der Waals surface area (Å²) in [6.45, 7) is 8.89. The van der Waals surface area contributed by atoms with Gasteiger partial charge in [-0.15, -0.1) is 0 Å². The van der Waals surface area contributed by atoms with Crippen LogP contribution in [-0.4, -0.2) is 49.2 Å². The van der Waals surface area contributed by atoms with E-state index in [1.54, 1.807) is 6.08 Å². The van der Waals surface area contributed by atoms with Crippen LogP contribution in [0.25, 0.3) is 0 Å². The molecule has 0 aromatic rings. The maximum atomic E-state index is 10.1. The fourth-order valence-electron chi connectivity index (χ4n) is 1.58. The summed E-state index contributed by atoms with van der Waals surface area (Å²) in [6, 6.07) is 0. The number of rotatable bonds is 3. The van der Waals surface area contributed by atoms with Gasteiger partial charge in [-0.2, -0.15) is 4.99 Å². The van der Waals surface area contributed by atoms with E-state index in [0.717, 1.165) is 32.7 Å². The number of nitrogens with zero attached hydrogens (tertiary/aromatic N) is 2. The molecular weight excluding hydrogens is 166 g/mol. The molecule has 1 fully saturated rings. The van der Waals surface area contributed by atoms with Crippen molar-refractivity contribution in [2.75, 3.05) is 32.7 Å². The number of aliphatic imine (C=N–C) groups is 1. The Bertz CT molecular complexity index is 203. The maximum Gasteiger partial charge on any atom is 0.235 e. The van der Waals surface area contributed by atoms with Gasteiger partial charge < -0.3 is 5.32 Å². The Balaban J connectivity index is 2.41. The van der Waals surface area contributed by atoms with E-state index in [9.17, 15) is 4.79 Å². The molecular formula is C9H17N3O. The lowest BCUT2D eigenvalue weighted by Crippen LogP contribution is -2.48. The summed E-state index contributed by atoms with van der Waals surface area (Å²) in [5.74, 6) is 0. The summed E-state index contributed by atoms with van der Waals surface area (Å²) in [6.07, 6.45) is 1.63. The Morgan fingerprint density at radius 3 is 2.62 bits per heavy atom. The zero-order chi connectivity index (χ0) is 9.73. The third-order valence-corrected chi connectivity index (χ3v) is 2.17. The van der Waals surface area contributed by atoms with E-state index in [1.807, 2.05) is 13.8 Å². The number of hydrogen-bond acceptors (Lipinski definition) is 4. The fraction of sp³-hybridized carbons (Fsp3) is 0.889. The Kier molecular flexibility index (Phi) is 3.60. The zero-order valence-electron chi connectivity index (χ0n) is 8.34. The van der Waals surface area contributed by atoms with Gasteiger partial charge in [-0.05, 0) is 13.8 Å². The first-order valence-electron chi connectivity index (χ1n) is 4.66. The van der Waals surface area contributed by atoms with Crippen LogP contribution in [0.4, 0.5) is 0 Å². The van der Waals surface area contributed by atoms with Gasteiger partial charge in [0.15, 0.2) is 0 Å². The minimum atomic E-state index is -0.293. The van der Waals surface area contributed by atoms with E-state index in [0.29, 0.717) is 0 Å². The van der Waals surface area contributed by atoms with Crippen LogP contribution >= 0.6 is 0 Å². The quantitative estimate of drug-likeness (QED) is 0.495. The zero-order valence-corrected chi connectivity index (χ0v) is 8.34. The monoisotopic (exact) mass is 183 g/mol. The van der Waals surface area contributed by atoms with Crippen molar-refractivity contribution in [1.82, 2.24) is 10.2 Å². The van der Waals surface area contributed by atoms with E-state index in [-0.39, 0.29) is 5.54 Å². The second-order valence-electron chi connectivity index (χ2n) is 4.04. The van der Waals surface area contributed by atoms with Crippen molar-refractivity contribution >= 4 is 6.08 Å². The van der Waals surface area contributed by atoms with Gasteiger partial charge in [0.25, 0.3) is 0 Å². The summed E-state index contributed by atoms with van der Waals surface area (Å²) in [4.78, 5) is 16.2. The van der Waals surface area contributed by atoms with Crippen molar-refractivity contribution in [3.8, 4) is 0 Å². The molecule has 0 bridgehead atoms. The topological polar surface area (TPSA) is 44.7 Å². The highest BCUT2D eigenvalue weighted by molar-refractivity contribution is 5.34. The third-order valence-electron chi connectivity index (χ3n) is 2.17. The van der Waals surface area contributed by atoms with Crippen LogP contribution in [0, 0.1) is 0 Å². The van der Waals surface area contributed by atoms with Gasteiger partial charge in [-0.25, -0.2) is 4.79 Å². The molecule has 0 aromatic heterocycles. The van der Waals surface area contributed by atoms with Crippen LogP contribution < -0.4 is 5.32 Å². The first kappa shape index (κ1) is 10.4. The van der Waals surface area contributed by atoms with E-state index in [2.05, 4.69) is 15.2 Å². The smallest absolute Gasteiger partial charge is 0.235 e. The number of nitrogens with one attached hydrogen (secondary N) is 1. The number of isocyanates is 1. The summed E-state index contributed by atoms with van der Waals surface area (Å²) in [5, 5.41) is 3.28. The molecule has 4 nitrogen and oxygen atoms in total. The molecule has 1 saturated heterocycles. The molecule has 0 spiro atoms. The predicted octanol–water partition coefficient (Wildman–Crippen LogP) is 0.00600. The normalized spacial score (nSPS) is 19.5. The average molecular weight is 183 g/mol. The van der Waals surface area contributed by atoms with Crippen molar-refractivity contribution in [3.05, 3.63) is 0 Å². The van der Waals surface area contributed by atoms with Crippen molar-refractivity contribution in [2.45, 2.75) is 19.4 Å². The molecule has 0 unspecified atom stereocenters. The molecule has 0 saturated carbocycles. The van der Waals surface area contributed by atoms with Gasteiger partial charge >= 0.3 is 0 Å². The molecule has 13 heavy (non-hydrogen) atoms. The van der Waals surface area contributed by atoms with Crippen LogP contribution in [0.3, 0.4) is 0 Å². The average Bonchev–Trinajstić information content (AvgIpc) is 2.04. The second kappa shape index (κ2) is 4.51. The van der Waals surface area contributed by atoms with Crippen molar-refractivity contribution in [3.63, 3.8) is 0 Å². The second-order valence-corrected chi connectivity index (χ2v) is 4.04. The molecule has 1 aliphatic rings. The maximum absolute atomic E-state index is 10.1. The molecule has 74 valence electrons. The number of carbonyl (C=O) groups excluding carboxylic acids is 1. The Morgan fingerprint density at radius 1 is 1.46 bits per heavy atom. The van der Waals surface area contributed by atoms with Crippen molar-refractivity contribution in [2.24, 2.45) is 4.99 Å². The lowest BCUT2D eigenvalue weighted by atomic mass is 10.1. The molecule has 4 heteroatoms. The van der Waals surface area contributed by atoms with Gasteiger partial charge in [0.1, 0.15) is 0 Å². The first-order chi connectivity index (χ1) is 6.14. The van der Waals surface area contributed by atoms with E-state index in [1.165, 1.54) is 0 Å². The van der Waals surface area contributed by atoms with Gasteiger partial charge in [0, 0.05) is 32.7 Å². The minimum Gasteiger partial charge on any atom is -0.314 e. The summed E-state index contributed by atoms with van der Waals surface area (Å²) < 4.78 is 0. The largest absolute Gasteiger partial charge is 0.314 e. The van der Waals surface area contributed by atoms with Crippen molar-refractivity contribution < 1.29 is 4.79 Å². The van der Waals surface area contributed by atoms with E-state index >= 15 is 0 Å².